The van der Waals surface area contributed by atoms with Crippen LogP contribution in [0.3, 0.4) is 0 Å². The zero-order chi connectivity index (χ0) is 21.0. The molecule has 0 radical (unpaired) electrons. The van der Waals surface area contributed by atoms with Crippen LogP contribution >= 0.6 is 0 Å². The van der Waals surface area contributed by atoms with Crippen LogP contribution in [0.4, 0.5) is 0 Å². The molecule has 0 spiro atoms. The molecule has 0 aliphatic carbocycles. The average molecular weight is 400 g/mol. The molecular formula is C21H24N2O6. The SMILES string of the molecule is CC(=O)O[C@@H](C)C(=O)N1C[C@H](O)C[C@H]1C(=O)CCc1ccc(-c2cnco2)cc1. The van der Waals surface area contributed by atoms with Gasteiger partial charge in [-0.3, -0.25) is 14.4 Å². The molecule has 29 heavy (non-hydrogen) atoms. The number of Topliss-reactive ketones (excluding diaryl/α,β-unsaturated/α-hetero) is 1. The number of aromatic nitrogens is 1. The van der Waals surface area contributed by atoms with Crippen molar-refractivity contribution in [3.05, 3.63) is 42.4 Å². The van der Waals surface area contributed by atoms with Gasteiger partial charge in [0, 0.05) is 31.9 Å². The van der Waals surface area contributed by atoms with Gasteiger partial charge in [-0.1, -0.05) is 24.3 Å². The van der Waals surface area contributed by atoms with E-state index in [9.17, 15) is 19.5 Å². The highest BCUT2D eigenvalue weighted by atomic mass is 16.5. The lowest BCUT2D eigenvalue weighted by Gasteiger charge is -2.26. The number of β-amino-alcohol motifs (C(OH)–C–C–N with tert-alkyl or cyclic N) is 1. The lowest BCUT2D eigenvalue weighted by atomic mass is 10.00. The topological polar surface area (TPSA) is 110 Å². The Morgan fingerprint density at radius 2 is 2.03 bits per heavy atom. The molecule has 0 bridgehead atoms. The summed E-state index contributed by atoms with van der Waals surface area (Å²) in [5.41, 5.74) is 1.87. The molecule has 1 saturated heterocycles. The molecule has 1 aromatic carbocycles. The predicted octanol–water partition coefficient (Wildman–Crippen LogP) is 1.76. The van der Waals surface area contributed by atoms with E-state index in [1.165, 1.54) is 25.1 Å². The summed E-state index contributed by atoms with van der Waals surface area (Å²) in [6.45, 7) is 2.75. The number of likely N-dealkylation sites (tertiary alicyclic amines) is 1. The first kappa shape index (κ1) is 20.7. The van der Waals surface area contributed by atoms with Crippen LogP contribution in [0.25, 0.3) is 11.3 Å². The molecule has 3 atom stereocenters. The van der Waals surface area contributed by atoms with E-state index >= 15 is 0 Å². The highest BCUT2D eigenvalue weighted by Gasteiger charge is 2.40. The van der Waals surface area contributed by atoms with Crippen LogP contribution in [0.1, 0.15) is 32.3 Å². The minimum Gasteiger partial charge on any atom is -0.453 e. The molecule has 1 aliphatic heterocycles. The Bertz CT molecular complexity index is 862. The minimum absolute atomic E-state index is 0.0622. The number of aliphatic hydroxyl groups excluding tert-OH is 1. The number of aryl methyl sites for hydroxylation is 1. The number of hydrogen-bond donors (Lipinski definition) is 1. The summed E-state index contributed by atoms with van der Waals surface area (Å²) in [6, 6.07) is 6.93. The second-order valence-electron chi connectivity index (χ2n) is 7.18. The van der Waals surface area contributed by atoms with Crippen LogP contribution in [0, 0.1) is 0 Å². The molecule has 2 heterocycles. The highest BCUT2D eigenvalue weighted by Crippen LogP contribution is 2.23. The van der Waals surface area contributed by atoms with Gasteiger partial charge in [-0.25, -0.2) is 4.98 Å². The second-order valence-corrected chi connectivity index (χ2v) is 7.18. The molecule has 8 heteroatoms. The van der Waals surface area contributed by atoms with Gasteiger partial charge in [0.05, 0.1) is 18.3 Å². The normalized spacial score (nSPS) is 19.8. The van der Waals surface area contributed by atoms with Crippen molar-refractivity contribution in [2.75, 3.05) is 6.54 Å². The van der Waals surface area contributed by atoms with Crippen molar-refractivity contribution in [2.45, 2.75) is 51.4 Å². The van der Waals surface area contributed by atoms with Gasteiger partial charge < -0.3 is 19.2 Å². The number of carbonyl (C=O) groups is 3. The number of rotatable bonds is 7. The molecule has 8 nitrogen and oxygen atoms in total. The maximum absolute atomic E-state index is 12.7. The fourth-order valence-corrected chi connectivity index (χ4v) is 3.52. The van der Waals surface area contributed by atoms with Crippen LogP contribution in [0.2, 0.25) is 0 Å². The third-order valence-corrected chi connectivity index (χ3v) is 4.96. The Morgan fingerprint density at radius 3 is 2.66 bits per heavy atom. The van der Waals surface area contributed by atoms with Crippen molar-refractivity contribution in [3.8, 4) is 11.3 Å². The first-order chi connectivity index (χ1) is 13.8. The fraction of sp³-hybridized carbons (Fsp3) is 0.429. The average Bonchev–Trinajstić information content (AvgIpc) is 3.35. The zero-order valence-corrected chi connectivity index (χ0v) is 16.4. The Labute approximate surface area is 168 Å². The quantitative estimate of drug-likeness (QED) is 0.705. The van der Waals surface area contributed by atoms with E-state index < -0.39 is 30.1 Å². The smallest absolute Gasteiger partial charge is 0.303 e. The van der Waals surface area contributed by atoms with E-state index in [-0.39, 0.29) is 25.2 Å². The Kier molecular flexibility index (Phi) is 6.43. The number of esters is 1. The van der Waals surface area contributed by atoms with Crippen LogP contribution < -0.4 is 0 Å². The van der Waals surface area contributed by atoms with Gasteiger partial charge in [0.2, 0.25) is 0 Å². The van der Waals surface area contributed by atoms with Crippen molar-refractivity contribution in [2.24, 2.45) is 0 Å². The number of ketones is 1. The van der Waals surface area contributed by atoms with E-state index in [1.807, 2.05) is 24.3 Å². The van der Waals surface area contributed by atoms with E-state index in [1.54, 1.807) is 6.20 Å². The van der Waals surface area contributed by atoms with Crippen molar-refractivity contribution < 1.29 is 28.6 Å². The summed E-state index contributed by atoms with van der Waals surface area (Å²) in [6.07, 6.45) is 2.20. The molecule has 2 aromatic rings. The number of oxazole rings is 1. The number of hydrogen-bond acceptors (Lipinski definition) is 7. The summed E-state index contributed by atoms with van der Waals surface area (Å²) in [5.74, 6) is -0.485. The maximum Gasteiger partial charge on any atom is 0.303 e. The standard InChI is InChI=1S/C21H24N2O6/c1-13(29-14(2)24)21(27)23-11-17(25)9-18(23)19(26)8-5-15-3-6-16(7-4-15)20-10-22-12-28-20/h3-4,6-7,10,12-13,17-18,25H,5,8-9,11H2,1-2H3/t13-,17+,18-/m0/s1. The van der Waals surface area contributed by atoms with E-state index in [4.69, 9.17) is 9.15 Å². The molecule has 0 saturated carbocycles. The van der Waals surface area contributed by atoms with Gasteiger partial charge >= 0.3 is 5.97 Å². The number of carbonyl (C=O) groups excluding carboxylic acids is 3. The molecule has 1 N–H and O–H groups in total. The molecule has 1 aliphatic rings. The fourth-order valence-electron chi connectivity index (χ4n) is 3.52. The molecule has 3 rings (SSSR count). The van der Waals surface area contributed by atoms with Crippen molar-refractivity contribution in [1.29, 1.82) is 0 Å². The molecule has 1 amide bonds. The van der Waals surface area contributed by atoms with Crippen LogP contribution in [-0.4, -0.2) is 57.4 Å². The number of ether oxygens (including phenoxy) is 1. The highest BCUT2D eigenvalue weighted by molar-refractivity contribution is 5.92. The monoisotopic (exact) mass is 400 g/mol. The zero-order valence-electron chi connectivity index (χ0n) is 16.4. The van der Waals surface area contributed by atoms with E-state index in [0.29, 0.717) is 12.2 Å². The molecule has 0 unspecified atom stereocenters. The summed E-state index contributed by atoms with van der Waals surface area (Å²) in [5, 5.41) is 9.97. The first-order valence-corrected chi connectivity index (χ1v) is 9.51. The number of nitrogens with zero attached hydrogens (tertiary/aromatic N) is 2. The summed E-state index contributed by atoms with van der Waals surface area (Å²) in [7, 11) is 0. The summed E-state index contributed by atoms with van der Waals surface area (Å²) < 4.78 is 10.2. The van der Waals surface area contributed by atoms with Gasteiger partial charge in [0.1, 0.15) is 0 Å². The molecule has 154 valence electrons. The minimum atomic E-state index is -0.989. The van der Waals surface area contributed by atoms with Crippen molar-refractivity contribution in [1.82, 2.24) is 9.88 Å². The van der Waals surface area contributed by atoms with E-state index in [0.717, 1.165) is 11.1 Å². The van der Waals surface area contributed by atoms with Crippen LogP contribution in [0.5, 0.6) is 0 Å². The lowest BCUT2D eigenvalue weighted by Crippen LogP contribution is -2.46. The maximum atomic E-state index is 12.7. The first-order valence-electron chi connectivity index (χ1n) is 9.51. The lowest BCUT2D eigenvalue weighted by molar-refractivity contribution is -0.158. The van der Waals surface area contributed by atoms with Crippen LogP contribution in [0.15, 0.2) is 41.3 Å². The molecular weight excluding hydrogens is 376 g/mol. The Hall–Kier alpha value is -3.00. The Balaban J connectivity index is 1.60. The van der Waals surface area contributed by atoms with Gasteiger partial charge in [-0.05, 0) is 18.9 Å². The number of amides is 1. The van der Waals surface area contributed by atoms with Gasteiger partial charge in [0.15, 0.2) is 24.0 Å². The third kappa shape index (κ3) is 5.08. The van der Waals surface area contributed by atoms with Crippen molar-refractivity contribution >= 4 is 17.7 Å². The largest absolute Gasteiger partial charge is 0.453 e. The third-order valence-electron chi connectivity index (χ3n) is 4.96. The Morgan fingerprint density at radius 1 is 1.31 bits per heavy atom. The predicted molar refractivity (Wildman–Crippen MR) is 103 cm³/mol. The van der Waals surface area contributed by atoms with Crippen molar-refractivity contribution in [3.63, 3.8) is 0 Å². The number of benzene rings is 1. The van der Waals surface area contributed by atoms with E-state index in [2.05, 4.69) is 4.98 Å². The second kappa shape index (κ2) is 9.00. The molecule has 1 aromatic heterocycles. The van der Waals surface area contributed by atoms with Crippen LogP contribution in [-0.2, 0) is 25.5 Å². The summed E-state index contributed by atoms with van der Waals surface area (Å²) >= 11 is 0. The number of aliphatic hydroxyl groups is 1. The molecule has 1 fully saturated rings. The van der Waals surface area contributed by atoms with Gasteiger partial charge in [0.25, 0.3) is 5.91 Å². The van der Waals surface area contributed by atoms with Gasteiger partial charge in [-0.2, -0.15) is 0 Å². The van der Waals surface area contributed by atoms with Gasteiger partial charge in [-0.15, -0.1) is 0 Å². The summed E-state index contributed by atoms with van der Waals surface area (Å²) in [4.78, 5) is 41.6.